The molecule has 0 aliphatic heterocycles. The Morgan fingerprint density at radius 1 is 1.08 bits per heavy atom. The molecule has 0 unspecified atom stereocenters. The van der Waals surface area contributed by atoms with Crippen LogP contribution in [0.5, 0.6) is 0 Å². The molecular weight excluding hydrogens is 488 g/mol. The molecule has 39 heavy (non-hydrogen) atoms. The molecule has 0 aromatic heterocycles. The summed E-state index contributed by atoms with van der Waals surface area (Å²) in [5.41, 5.74) is 1.04. The van der Waals surface area contributed by atoms with Crippen LogP contribution in [0.2, 0.25) is 0 Å². The van der Waals surface area contributed by atoms with Gasteiger partial charge in [0.2, 0.25) is 0 Å². The van der Waals surface area contributed by atoms with Crippen LogP contribution in [0.25, 0.3) is 0 Å². The molecule has 0 radical (unpaired) electrons. The van der Waals surface area contributed by atoms with Gasteiger partial charge in [-0.1, -0.05) is 52.3 Å². The van der Waals surface area contributed by atoms with Gasteiger partial charge in [-0.3, -0.25) is 9.59 Å². The normalized spacial score (nSPS) is 47.5. The molecule has 0 amide bonds. The first-order valence-electron chi connectivity index (χ1n) is 15.1. The van der Waals surface area contributed by atoms with E-state index in [1.165, 1.54) is 5.57 Å². The fraction of sp³-hybridized carbons (Fsp3) is 0.818. The topological polar surface area (TPSA) is 99.8 Å². The molecule has 8 atom stereocenters. The third-order valence-corrected chi connectivity index (χ3v) is 13.4. The maximum atomic E-state index is 14.4. The zero-order valence-electron chi connectivity index (χ0n) is 25.2. The minimum atomic E-state index is -0.730. The maximum Gasteiger partial charge on any atom is 0.309 e. The van der Waals surface area contributed by atoms with Gasteiger partial charge in [-0.25, -0.2) is 0 Å². The number of rotatable bonds is 4. The molecule has 5 aliphatic rings. The summed E-state index contributed by atoms with van der Waals surface area (Å²) >= 11 is 0. The van der Waals surface area contributed by atoms with Gasteiger partial charge in [0.1, 0.15) is 6.61 Å². The predicted molar refractivity (Wildman–Crippen MR) is 151 cm³/mol. The standard InChI is InChI=1S/C33H48N2O4/c1-28(2)24-9-12-33(7)26(31(24,5)11-10-25(28)35-39-18-8-17-34)23(36)19-21-22-20-30(4,27(37)38)14-13-29(22,3)15-16-32(21,33)6/h19,22,24,26H,8-16,18,20H2,1-7H3,(H,37,38)/b35-25+/t22-,24+,26-,29-,30-,31+,32-,33-/m1/s1. The molecule has 6 nitrogen and oxygen atoms in total. The Morgan fingerprint density at radius 2 is 1.77 bits per heavy atom. The van der Waals surface area contributed by atoms with E-state index in [2.05, 4.69) is 52.8 Å². The van der Waals surface area contributed by atoms with Crippen molar-refractivity contribution >= 4 is 17.5 Å². The van der Waals surface area contributed by atoms with Crippen molar-refractivity contribution in [3.63, 3.8) is 0 Å². The van der Waals surface area contributed by atoms with E-state index >= 15 is 0 Å². The number of fused-ring (bicyclic) bond motifs is 7. The molecule has 5 rings (SSSR count). The van der Waals surface area contributed by atoms with Crippen molar-refractivity contribution in [2.75, 3.05) is 6.61 Å². The zero-order valence-corrected chi connectivity index (χ0v) is 25.2. The van der Waals surface area contributed by atoms with Gasteiger partial charge in [0, 0.05) is 11.3 Å². The predicted octanol–water partition coefficient (Wildman–Crippen LogP) is 7.34. The molecule has 0 bridgehead atoms. The first-order chi connectivity index (χ1) is 18.1. The second-order valence-corrected chi connectivity index (χ2v) is 15.6. The lowest BCUT2D eigenvalue weighted by Gasteiger charge is -2.70. The van der Waals surface area contributed by atoms with Gasteiger partial charge in [-0.15, -0.1) is 0 Å². The van der Waals surface area contributed by atoms with E-state index in [0.29, 0.717) is 31.8 Å². The van der Waals surface area contributed by atoms with Crippen molar-refractivity contribution in [2.45, 2.75) is 113 Å². The smallest absolute Gasteiger partial charge is 0.309 e. The highest BCUT2D eigenvalue weighted by Gasteiger charge is 2.70. The molecule has 4 saturated carbocycles. The molecule has 5 aliphatic carbocycles. The fourth-order valence-corrected chi connectivity index (χ4v) is 10.6. The molecule has 0 heterocycles. The van der Waals surface area contributed by atoms with Crippen LogP contribution in [-0.2, 0) is 14.4 Å². The lowest BCUT2D eigenvalue weighted by molar-refractivity contribution is -0.176. The third-order valence-electron chi connectivity index (χ3n) is 13.4. The number of oxime groups is 1. The number of nitrogens with zero attached hydrogens (tertiary/aromatic N) is 2. The van der Waals surface area contributed by atoms with Gasteiger partial charge in [0.05, 0.1) is 23.6 Å². The summed E-state index contributed by atoms with van der Waals surface area (Å²) in [6.45, 7) is 16.3. The Kier molecular flexibility index (Phi) is 6.49. The quantitative estimate of drug-likeness (QED) is 0.299. The summed E-state index contributed by atoms with van der Waals surface area (Å²) < 4.78 is 0. The monoisotopic (exact) mass is 536 g/mol. The number of aliphatic carboxylic acids is 1. The molecule has 0 aromatic carbocycles. The largest absolute Gasteiger partial charge is 0.481 e. The van der Waals surface area contributed by atoms with E-state index < -0.39 is 11.4 Å². The minimum absolute atomic E-state index is 0.0587. The van der Waals surface area contributed by atoms with Gasteiger partial charge in [-0.05, 0) is 104 Å². The average molecular weight is 537 g/mol. The number of hydrogen-bond donors (Lipinski definition) is 1. The van der Waals surface area contributed by atoms with Crippen LogP contribution < -0.4 is 0 Å². The summed E-state index contributed by atoms with van der Waals surface area (Å²) in [6.07, 6.45) is 10.5. The highest BCUT2D eigenvalue weighted by atomic mass is 16.6. The van der Waals surface area contributed by atoms with Crippen LogP contribution in [0.4, 0.5) is 0 Å². The minimum Gasteiger partial charge on any atom is -0.481 e. The first-order valence-corrected chi connectivity index (χ1v) is 15.1. The van der Waals surface area contributed by atoms with E-state index in [-0.39, 0.29) is 44.7 Å². The zero-order chi connectivity index (χ0) is 28.6. The van der Waals surface area contributed by atoms with Crippen molar-refractivity contribution in [3.8, 4) is 6.07 Å². The van der Waals surface area contributed by atoms with Crippen LogP contribution in [-0.4, -0.2) is 29.2 Å². The van der Waals surface area contributed by atoms with Crippen molar-refractivity contribution < 1.29 is 19.5 Å². The Labute approximate surface area is 234 Å². The molecule has 4 fully saturated rings. The molecule has 214 valence electrons. The number of carboxylic acids is 1. The van der Waals surface area contributed by atoms with E-state index in [4.69, 9.17) is 10.1 Å². The first kappa shape index (κ1) is 28.4. The van der Waals surface area contributed by atoms with Crippen molar-refractivity contribution in [3.05, 3.63) is 11.6 Å². The molecule has 0 spiro atoms. The van der Waals surface area contributed by atoms with Crippen LogP contribution in [0.1, 0.15) is 113 Å². The highest BCUT2D eigenvalue weighted by Crippen LogP contribution is 2.74. The second-order valence-electron chi connectivity index (χ2n) is 15.6. The van der Waals surface area contributed by atoms with Crippen LogP contribution in [0.3, 0.4) is 0 Å². The molecule has 0 aromatic rings. The molecular formula is C33H48N2O4. The highest BCUT2D eigenvalue weighted by molar-refractivity contribution is 5.97. The number of carboxylic acid groups (broad SMARTS) is 1. The third kappa shape index (κ3) is 3.81. The Bertz CT molecular complexity index is 1180. The van der Waals surface area contributed by atoms with Crippen LogP contribution >= 0.6 is 0 Å². The summed E-state index contributed by atoms with van der Waals surface area (Å²) in [5, 5.41) is 23.5. The number of nitriles is 1. The average Bonchev–Trinajstić information content (AvgIpc) is 2.85. The van der Waals surface area contributed by atoms with Crippen molar-refractivity contribution in [1.82, 2.24) is 0 Å². The van der Waals surface area contributed by atoms with E-state index in [1.54, 1.807) is 0 Å². The van der Waals surface area contributed by atoms with E-state index in [1.807, 2.05) is 13.0 Å². The van der Waals surface area contributed by atoms with Gasteiger partial charge in [0.15, 0.2) is 5.78 Å². The number of ketones is 1. The Balaban J connectivity index is 1.53. The lowest BCUT2D eigenvalue weighted by atomic mass is 9.33. The van der Waals surface area contributed by atoms with Gasteiger partial charge in [0.25, 0.3) is 0 Å². The summed E-state index contributed by atoms with van der Waals surface area (Å²) in [7, 11) is 0. The summed E-state index contributed by atoms with van der Waals surface area (Å²) in [5.74, 6) is -0.0285. The lowest BCUT2D eigenvalue weighted by Crippen LogP contribution is -2.66. The number of carbonyl (C=O) groups excluding carboxylic acids is 1. The van der Waals surface area contributed by atoms with Crippen molar-refractivity contribution in [2.24, 2.45) is 55.4 Å². The van der Waals surface area contributed by atoms with Crippen molar-refractivity contribution in [1.29, 1.82) is 5.26 Å². The number of carbonyl (C=O) groups is 2. The van der Waals surface area contributed by atoms with Gasteiger partial charge in [-0.2, -0.15) is 5.26 Å². The summed E-state index contributed by atoms with van der Waals surface area (Å²) in [4.78, 5) is 32.3. The molecule has 0 saturated heterocycles. The van der Waals surface area contributed by atoms with Gasteiger partial charge < -0.3 is 9.94 Å². The van der Waals surface area contributed by atoms with Crippen LogP contribution in [0.15, 0.2) is 16.8 Å². The maximum absolute atomic E-state index is 14.4. The van der Waals surface area contributed by atoms with E-state index in [0.717, 1.165) is 50.7 Å². The summed E-state index contributed by atoms with van der Waals surface area (Å²) in [6, 6.07) is 2.11. The molecule has 6 heteroatoms. The number of hydrogen-bond acceptors (Lipinski definition) is 5. The SMILES string of the molecule is CC1(C)/C(=N/OCCC#N)CC[C@]2(C)[C@H]3C(=O)C=C4[C@H]5C[C@](C)(C(=O)O)CC[C@]5(C)CC[C@@]4(C)[C@]3(C)CC[C@@H]12. The molecule has 1 N–H and O–H groups in total. The Hall–Kier alpha value is -2.16. The van der Waals surface area contributed by atoms with Crippen LogP contribution in [0, 0.1) is 61.6 Å². The fourth-order valence-electron chi connectivity index (χ4n) is 10.6. The van der Waals surface area contributed by atoms with E-state index in [9.17, 15) is 14.7 Å². The van der Waals surface area contributed by atoms with Gasteiger partial charge >= 0.3 is 5.97 Å². The second kappa shape index (κ2) is 8.92. The number of allylic oxidation sites excluding steroid dienone is 2. The Morgan fingerprint density at radius 3 is 2.44 bits per heavy atom.